The van der Waals surface area contributed by atoms with Gasteiger partial charge >= 0.3 is 0 Å². The van der Waals surface area contributed by atoms with Gasteiger partial charge < -0.3 is 15.2 Å². The molecule has 0 aliphatic rings. The van der Waals surface area contributed by atoms with Crippen LogP contribution >= 0.6 is 27.5 Å². The summed E-state index contributed by atoms with van der Waals surface area (Å²) in [6, 6.07) is 3.41. The van der Waals surface area contributed by atoms with Gasteiger partial charge in [-0.15, -0.1) is 0 Å². The van der Waals surface area contributed by atoms with Crippen LogP contribution in [0.2, 0.25) is 5.02 Å². The Kier molecular flexibility index (Phi) is 3.68. The molecule has 0 saturated heterocycles. The van der Waals surface area contributed by atoms with Gasteiger partial charge in [-0.1, -0.05) is 11.6 Å². The highest BCUT2D eigenvalue weighted by Gasteiger charge is 2.20. The fraction of sp³-hybridized carbons (Fsp3) is 0.182. The Morgan fingerprint density at radius 1 is 1.28 bits per heavy atom. The number of halogens is 2. The van der Waals surface area contributed by atoms with E-state index in [9.17, 15) is 0 Å². The van der Waals surface area contributed by atoms with Crippen LogP contribution in [0.5, 0.6) is 11.5 Å². The van der Waals surface area contributed by atoms with Crippen LogP contribution in [0.1, 0.15) is 0 Å². The molecule has 0 amide bonds. The molecule has 0 aliphatic heterocycles. The fourth-order valence-electron chi connectivity index (χ4n) is 1.68. The summed E-state index contributed by atoms with van der Waals surface area (Å²) in [6.07, 6.45) is 0. The van der Waals surface area contributed by atoms with E-state index in [1.165, 1.54) is 0 Å². The topological polar surface area (TPSA) is 73.2 Å². The predicted octanol–water partition coefficient (Wildman–Crippen LogP) is 3.09. The SMILES string of the molecule is COc1c(Br)cc(Cl)c(-c2cc(N)n[nH]2)c1OC. The number of ether oxygens (including phenoxy) is 2. The zero-order valence-electron chi connectivity index (χ0n) is 9.75. The van der Waals surface area contributed by atoms with Crippen LogP contribution in [0.4, 0.5) is 5.82 Å². The van der Waals surface area contributed by atoms with Crippen LogP contribution in [0.25, 0.3) is 11.3 Å². The number of rotatable bonds is 3. The maximum atomic E-state index is 6.23. The second-order valence-corrected chi connectivity index (χ2v) is 4.75. The van der Waals surface area contributed by atoms with Crippen molar-refractivity contribution in [3.63, 3.8) is 0 Å². The van der Waals surface area contributed by atoms with Crippen LogP contribution in [0.15, 0.2) is 16.6 Å². The molecular formula is C11H11BrClN3O2. The van der Waals surface area contributed by atoms with Gasteiger partial charge in [-0.25, -0.2) is 0 Å². The van der Waals surface area contributed by atoms with Crippen molar-refractivity contribution in [1.29, 1.82) is 0 Å². The van der Waals surface area contributed by atoms with Gasteiger partial charge in [0, 0.05) is 6.07 Å². The quantitative estimate of drug-likeness (QED) is 0.906. The molecule has 1 aromatic heterocycles. The van der Waals surface area contributed by atoms with Gasteiger partial charge in [-0.2, -0.15) is 5.10 Å². The number of nitrogen functional groups attached to an aromatic ring is 1. The van der Waals surface area contributed by atoms with Gasteiger partial charge in [0.05, 0.1) is 35.0 Å². The maximum absolute atomic E-state index is 6.23. The molecule has 0 unspecified atom stereocenters. The van der Waals surface area contributed by atoms with E-state index >= 15 is 0 Å². The first-order valence-electron chi connectivity index (χ1n) is 4.99. The van der Waals surface area contributed by atoms with E-state index in [1.54, 1.807) is 26.4 Å². The molecule has 0 saturated carbocycles. The summed E-state index contributed by atoms with van der Waals surface area (Å²) in [7, 11) is 3.10. The number of benzene rings is 1. The lowest BCUT2D eigenvalue weighted by atomic mass is 10.1. The predicted molar refractivity (Wildman–Crippen MR) is 74.3 cm³/mol. The van der Waals surface area contributed by atoms with E-state index in [1.807, 2.05) is 0 Å². The number of H-pyrrole nitrogens is 1. The molecule has 5 nitrogen and oxygen atoms in total. The molecule has 7 heteroatoms. The van der Waals surface area contributed by atoms with E-state index in [-0.39, 0.29) is 0 Å². The highest BCUT2D eigenvalue weighted by molar-refractivity contribution is 9.10. The number of hydrogen-bond acceptors (Lipinski definition) is 4. The molecule has 0 radical (unpaired) electrons. The summed E-state index contributed by atoms with van der Waals surface area (Å²) in [6.45, 7) is 0. The molecule has 1 aromatic carbocycles. The number of hydrogen-bond donors (Lipinski definition) is 2. The molecule has 2 aromatic rings. The summed E-state index contributed by atoms with van der Waals surface area (Å²) < 4.78 is 11.4. The van der Waals surface area contributed by atoms with E-state index in [2.05, 4.69) is 26.1 Å². The number of methoxy groups -OCH3 is 2. The molecule has 0 atom stereocenters. The average Bonchev–Trinajstić information content (AvgIpc) is 2.74. The van der Waals surface area contributed by atoms with Crippen molar-refractivity contribution in [3.8, 4) is 22.8 Å². The van der Waals surface area contributed by atoms with E-state index in [0.717, 1.165) is 0 Å². The van der Waals surface area contributed by atoms with E-state index in [0.29, 0.717) is 38.1 Å². The Morgan fingerprint density at radius 3 is 2.44 bits per heavy atom. The monoisotopic (exact) mass is 331 g/mol. The number of anilines is 1. The standard InChI is InChI=1S/C11H11BrClN3O2/c1-17-10-5(12)3-6(13)9(11(10)18-2)7-4-8(14)16-15-7/h3-4H,1-2H3,(H3,14,15,16). The van der Waals surface area contributed by atoms with Gasteiger partial charge in [-0.05, 0) is 22.0 Å². The van der Waals surface area contributed by atoms with E-state index < -0.39 is 0 Å². The zero-order chi connectivity index (χ0) is 13.3. The molecular weight excluding hydrogens is 321 g/mol. The third-order valence-corrected chi connectivity index (χ3v) is 3.30. The zero-order valence-corrected chi connectivity index (χ0v) is 12.1. The number of nitrogens with one attached hydrogen (secondary N) is 1. The van der Waals surface area contributed by atoms with E-state index in [4.69, 9.17) is 26.8 Å². The van der Waals surface area contributed by atoms with Gasteiger partial charge in [0.1, 0.15) is 5.82 Å². The van der Waals surface area contributed by atoms with Crippen molar-refractivity contribution < 1.29 is 9.47 Å². The van der Waals surface area contributed by atoms with Gasteiger partial charge in [0.15, 0.2) is 11.5 Å². The van der Waals surface area contributed by atoms with Crippen LogP contribution in [0.3, 0.4) is 0 Å². The van der Waals surface area contributed by atoms with Crippen molar-refractivity contribution in [3.05, 3.63) is 21.6 Å². The molecule has 2 rings (SSSR count). The third-order valence-electron chi connectivity index (χ3n) is 2.42. The molecule has 96 valence electrons. The Labute approximate surface area is 117 Å². The van der Waals surface area contributed by atoms with Crippen LogP contribution in [-0.2, 0) is 0 Å². The number of nitrogens with zero attached hydrogens (tertiary/aromatic N) is 1. The highest BCUT2D eigenvalue weighted by atomic mass is 79.9. The molecule has 0 bridgehead atoms. The normalized spacial score (nSPS) is 10.4. The highest BCUT2D eigenvalue weighted by Crippen LogP contribution is 2.46. The maximum Gasteiger partial charge on any atom is 0.175 e. The molecule has 0 spiro atoms. The number of nitrogens with two attached hydrogens (primary N) is 1. The minimum Gasteiger partial charge on any atom is -0.492 e. The summed E-state index contributed by atoms with van der Waals surface area (Å²) >= 11 is 9.60. The first-order valence-corrected chi connectivity index (χ1v) is 6.16. The largest absolute Gasteiger partial charge is 0.492 e. The molecule has 3 N–H and O–H groups in total. The second kappa shape index (κ2) is 5.07. The number of aromatic nitrogens is 2. The first-order chi connectivity index (χ1) is 8.58. The fourth-order valence-corrected chi connectivity index (χ4v) is 2.68. The van der Waals surface area contributed by atoms with Crippen molar-refractivity contribution in [2.75, 3.05) is 20.0 Å². The lowest BCUT2D eigenvalue weighted by Gasteiger charge is -2.14. The average molecular weight is 333 g/mol. The van der Waals surface area contributed by atoms with Crippen molar-refractivity contribution in [1.82, 2.24) is 10.2 Å². The summed E-state index contributed by atoms with van der Waals surface area (Å²) in [4.78, 5) is 0. The minimum absolute atomic E-state index is 0.380. The Morgan fingerprint density at radius 2 is 1.94 bits per heavy atom. The van der Waals surface area contributed by atoms with Crippen LogP contribution < -0.4 is 15.2 Å². The van der Waals surface area contributed by atoms with Gasteiger partial charge in [-0.3, -0.25) is 5.10 Å². The first kappa shape index (κ1) is 13.0. The van der Waals surface area contributed by atoms with Crippen molar-refractivity contribution in [2.45, 2.75) is 0 Å². The smallest absolute Gasteiger partial charge is 0.175 e. The molecule has 1 heterocycles. The molecule has 18 heavy (non-hydrogen) atoms. The minimum atomic E-state index is 0.380. The summed E-state index contributed by atoms with van der Waals surface area (Å²) in [5.74, 6) is 1.45. The van der Waals surface area contributed by atoms with Crippen LogP contribution in [-0.4, -0.2) is 24.4 Å². The number of aromatic amines is 1. The Bertz CT molecular complexity index is 586. The van der Waals surface area contributed by atoms with Gasteiger partial charge in [0.25, 0.3) is 0 Å². The van der Waals surface area contributed by atoms with Crippen molar-refractivity contribution >= 4 is 33.3 Å². The summed E-state index contributed by atoms with van der Waals surface area (Å²) in [5, 5.41) is 7.17. The van der Waals surface area contributed by atoms with Crippen molar-refractivity contribution in [2.24, 2.45) is 0 Å². The second-order valence-electron chi connectivity index (χ2n) is 3.49. The third kappa shape index (κ3) is 2.13. The lowest BCUT2D eigenvalue weighted by molar-refractivity contribution is 0.354. The van der Waals surface area contributed by atoms with Gasteiger partial charge in [0.2, 0.25) is 0 Å². The molecule has 0 aliphatic carbocycles. The lowest BCUT2D eigenvalue weighted by Crippen LogP contribution is -1.95. The van der Waals surface area contributed by atoms with Crippen LogP contribution in [0, 0.1) is 0 Å². The summed E-state index contributed by atoms with van der Waals surface area (Å²) in [5.41, 5.74) is 6.91. The Hall–Kier alpha value is -1.40. The molecule has 0 fully saturated rings. The Balaban J connectivity index is 2.73.